The van der Waals surface area contributed by atoms with E-state index in [1.807, 2.05) is 42.5 Å². The van der Waals surface area contributed by atoms with Gasteiger partial charge in [0.2, 0.25) is 0 Å². The normalized spacial score (nSPS) is 15.0. The molecule has 0 saturated heterocycles. The van der Waals surface area contributed by atoms with Crippen molar-refractivity contribution in [2.24, 2.45) is 0 Å². The molecule has 0 spiro atoms. The molecule has 4 rings (SSSR count). The first-order chi connectivity index (χ1) is 15.5. The molecule has 0 aliphatic heterocycles. The molecule has 3 aromatic rings. The first-order valence-corrected chi connectivity index (χ1v) is 11.0. The average Bonchev–Trinajstić information content (AvgIpc) is 3.63. The molecule has 1 aliphatic rings. The molecular weight excluding hydrogens is 449 g/mol. The summed E-state index contributed by atoms with van der Waals surface area (Å²) in [6.07, 6.45) is 4.24. The molecule has 1 atom stereocenters. The van der Waals surface area contributed by atoms with Gasteiger partial charge in [-0.2, -0.15) is 0 Å². The number of methoxy groups -OCH3 is 2. The fourth-order valence-electron chi connectivity index (χ4n) is 3.83. The van der Waals surface area contributed by atoms with Gasteiger partial charge in [-0.3, -0.25) is 9.78 Å². The zero-order valence-corrected chi connectivity index (χ0v) is 19.3. The van der Waals surface area contributed by atoms with Crippen LogP contribution in [0.1, 0.15) is 35.6 Å². The minimum absolute atomic E-state index is 0.259. The van der Waals surface area contributed by atoms with Gasteiger partial charge in [0.05, 0.1) is 29.7 Å². The van der Waals surface area contributed by atoms with Crippen molar-refractivity contribution in [3.8, 4) is 11.5 Å². The van der Waals surface area contributed by atoms with Gasteiger partial charge in [0, 0.05) is 18.8 Å². The van der Waals surface area contributed by atoms with E-state index < -0.39 is 11.5 Å². The van der Waals surface area contributed by atoms with E-state index in [-0.39, 0.29) is 5.97 Å². The highest BCUT2D eigenvalue weighted by Crippen LogP contribution is 2.50. The lowest BCUT2D eigenvalue weighted by molar-refractivity contribution is -0.152. The van der Waals surface area contributed by atoms with Crippen molar-refractivity contribution in [2.75, 3.05) is 14.2 Å². The molecule has 2 aromatic carbocycles. The Morgan fingerprint density at radius 1 is 1.00 bits per heavy atom. The number of pyridine rings is 1. The molecule has 1 heterocycles. The third-order valence-electron chi connectivity index (χ3n) is 5.84. The third-order valence-corrected chi connectivity index (χ3v) is 6.49. The van der Waals surface area contributed by atoms with Crippen molar-refractivity contribution >= 4 is 29.2 Å². The van der Waals surface area contributed by atoms with E-state index in [4.69, 9.17) is 37.4 Å². The van der Waals surface area contributed by atoms with E-state index in [1.54, 1.807) is 20.3 Å². The quantitative estimate of drug-likeness (QED) is 0.379. The number of rotatable bonds is 8. The Morgan fingerprint density at radius 2 is 1.66 bits per heavy atom. The minimum Gasteiger partial charge on any atom is -0.493 e. The summed E-state index contributed by atoms with van der Waals surface area (Å²) in [6, 6.07) is 15.2. The minimum atomic E-state index is -0.624. The SMILES string of the molecule is COc1ccc(C(Cc2c(Cl)cncc2Cl)OC(=O)C2(c3ccccc3)CC2)cc1OC. The summed E-state index contributed by atoms with van der Waals surface area (Å²) in [7, 11) is 3.14. The molecule has 5 nitrogen and oxygen atoms in total. The Bertz CT molecular complexity index is 1100. The van der Waals surface area contributed by atoms with Crippen LogP contribution >= 0.6 is 23.2 Å². The van der Waals surface area contributed by atoms with Gasteiger partial charge in [0.25, 0.3) is 0 Å². The van der Waals surface area contributed by atoms with E-state index >= 15 is 0 Å². The summed E-state index contributed by atoms with van der Waals surface area (Å²) >= 11 is 12.7. The Morgan fingerprint density at radius 3 is 2.25 bits per heavy atom. The van der Waals surface area contributed by atoms with Crippen LogP contribution in [0.15, 0.2) is 60.9 Å². The topological polar surface area (TPSA) is 57.7 Å². The molecule has 32 heavy (non-hydrogen) atoms. The number of hydrogen-bond acceptors (Lipinski definition) is 5. The molecule has 0 N–H and O–H groups in total. The lowest BCUT2D eigenvalue weighted by Gasteiger charge is -2.24. The summed E-state index contributed by atoms with van der Waals surface area (Å²) in [6.45, 7) is 0. The molecule has 7 heteroatoms. The van der Waals surface area contributed by atoms with Crippen LogP contribution < -0.4 is 9.47 Å². The van der Waals surface area contributed by atoms with E-state index in [2.05, 4.69) is 4.98 Å². The Labute approximate surface area is 197 Å². The van der Waals surface area contributed by atoms with Crippen LogP contribution in [0, 0.1) is 0 Å². The van der Waals surface area contributed by atoms with Crippen molar-refractivity contribution in [3.05, 3.63) is 87.7 Å². The standard InChI is InChI=1S/C25H23Cl2NO4/c1-30-21-9-8-16(12-23(21)31-2)22(13-18-19(26)14-28-15-20(18)27)32-24(29)25(10-11-25)17-6-4-3-5-7-17/h3-9,12,14-15,22H,10-11,13H2,1-2H3. The molecule has 1 saturated carbocycles. The lowest BCUT2D eigenvalue weighted by Crippen LogP contribution is -2.26. The highest BCUT2D eigenvalue weighted by molar-refractivity contribution is 6.35. The number of esters is 1. The van der Waals surface area contributed by atoms with Gasteiger partial charge >= 0.3 is 5.97 Å². The smallest absolute Gasteiger partial charge is 0.317 e. The van der Waals surface area contributed by atoms with Crippen LogP contribution in [0.4, 0.5) is 0 Å². The largest absolute Gasteiger partial charge is 0.493 e. The van der Waals surface area contributed by atoms with Gasteiger partial charge < -0.3 is 14.2 Å². The Hall–Kier alpha value is -2.76. The van der Waals surface area contributed by atoms with E-state index in [9.17, 15) is 4.79 Å². The summed E-state index contributed by atoms with van der Waals surface area (Å²) in [5, 5.41) is 0.839. The summed E-state index contributed by atoms with van der Waals surface area (Å²) in [4.78, 5) is 17.4. The van der Waals surface area contributed by atoms with E-state index in [0.717, 1.165) is 24.0 Å². The molecule has 1 unspecified atom stereocenters. The summed E-state index contributed by atoms with van der Waals surface area (Å²) < 4.78 is 16.9. The third kappa shape index (κ3) is 4.41. The summed E-state index contributed by atoms with van der Waals surface area (Å²) in [5.74, 6) is 0.871. The molecule has 1 fully saturated rings. The predicted molar refractivity (Wildman–Crippen MR) is 124 cm³/mol. The van der Waals surface area contributed by atoms with Gasteiger partial charge in [-0.25, -0.2) is 0 Å². The van der Waals surface area contributed by atoms with Gasteiger partial charge in [-0.1, -0.05) is 59.6 Å². The van der Waals surface area contributed by atoms with Crippen LogP contribution in [0.25, 0.3) is 0 Å². The zero-order valence-electron chi connectivity index (χ0n) is 17.8. The molecule has 1 aliphatic carbocycles. The number of ether oxygens (including phenoxy) is 3. The van der Waals surface area contributed by atoms with E-state index in [1.165, 1.54) is 12.4 Å². The first kappa shape index (κ1) is 22.4. The highest BCUT2D eigenvalue weighted by atomic mass is 35.5. The fourth-order valence-corrected chi connectivity index (χ4v) is 4.35. The number of halogens is 2. The molecular formula is C25H23Cl2NO4. The van der Waals surface area contributed by atoms with E-state index in [0.29, 0.717) is 33.5 Å². The van der Waals surface area contributed by atoms with Gasteiger partial charge in [0.1, 0.15) is 6.10 Å². The van der Waals surface area contributed by atoms with Crippen molar-refractivity contribution < 1.29 is 19.0 Å². The maximum atomic E-state index is 13.4. The number of benzene rings is 2. The maximum Gasteiger partial charge on any atom is 0.317 e. The number of nitrogens with zero attached hydrogens (tertiary/aromatic N) is 1. The molecule has 0 amide bonds. The lowest BCUT2D eigenvalue weighted by atomic mass is 9.95. The predicted octanol–water partition coefficient (Wildman–Crippen LogP) is 5.96. The Kier molecular flexibility index (Phi) is 6.58. The second-order valence-corrected chi connectivity index (χ2v) is 8.56. The first-order valence-electron chi connectivity index (χ1n) is 10.2. The van der Waals surface area contributed by atoms with Gasteiger partial charge in [-0.15, -0.1) is 0 Å². The molecule has 166 valence electrons. The second-order valence-electron chi connectivity index (χ2n) is 7.74. The van der Waals surface area contributed by atoms with Crippen LogP contribution in [0.3, 0.4) is 0 Å². The fraction of sp³-hybridized carbons (Fsp3) is 0.280. The van der Waals surface area contributed by atoms with Gasteiger partial charge in [0.15, 0.2) is 11.5 Å². The average molecular weight is 472 g/mol. The van der Waals surface area contributed by atoms with Crippen molar-refractivity contribution in [1.82, 2.24) is 4.98 Å². The number of carbonyl (C=O) groups is 1. The monoisotopic (exact) mass is 471 g/mol. The van der Waals surface area contributed by atoms with Crippen LogP contribution in [0.2, 0.25) is 10.0 Å². The Balaban J connectivity index is 1.69. The molecule has 0 radical (unpaired) electrons. The van der Waals surface area contributed by atoms with Crippen LogP contribution in [-0.4, -0.2) is 25.2 Å². The molecule has 1 aromatic heterocycles. The second kappa shape index (κ2) is 9.39. The number of hydrogen-bond donors (Lipinski definition) is 0. The molecule has 0 bridgehead atoms. The van der Waals surface area contributed by atoms with Crippen molar-refractivity contribution in [1.29, 1.82) is 0 Å². The summed E-state index contributed by atoms with van der Waals surface area (Å²) in [5.41, 5.74) is 1.78. The zero-order chi connectivity index (χ0) is 22.7. The maximum absolute atomic E-state index is 13.4. The van der Waals surface area contributed by atoms with Gasteiger partial charge in [-0.05, 0) is 41.7 Å². The number of aromatic nitrogens is 1. The van der Waals surface area contributed by atoms with Crippen LogP contribution in [-0.2, 0) is 21.4 Å². The van der Waals surface area contributed by atoms with Crippen molar-refractivity contribution in [3.63, 3.8) is 0 Å². The van der Waals surface area contributed by atoms with Crippen molar-refractivity contribution in [2.45, 2.75) is 30.8 Å². The highest BCUT2D eigenvalue weighted by Gasteiger charge is 2.53. The number of carbonyl (C=O) groups excluding carboxylic acids is 1. The van der Waals surface area contributed by atoms with Crippen LogP contribution in [0.5, 0.6) is 11.5 Å².